The first kappa shape index (κ1) is 10.5. The number of aromatic hydroxyl groups is 1. The summed E-state index contributed by atoms with van der Waals surface area (Å²) in [6.07, 6.45) is 0. The van der Waals surface area contributed by atoms with E-state index in [0.717, 1.165) is 11.1 Å². The quantitative estimate of drug-likeness (QED) is 0.739. The summed E-state index contributed by atoms with van der Waals surface area (Å²) in [6.45, 7) is 1.76. The highest BCUT2D eigenvalue weighted by molar-refractivity contribution is 9.10. The van der Waals surface area contributed by atoms with Gasteiger partial charge in [-0.3, -0.25) is 0 Å². The van der Waals surface area contributed by atoms with Crippen molar-refractivity contribution < 1.29 is 10.2 Å². The summed E-state index contributed by atoms with van der Waals surface area (Å²) in [5.74, 6) is 0.143. The third-order valence-electron chi connectivity index (χ3n) is 1.93. The molecule has 0 heterocycles. The number of halogens is 1. The molecule has 0 saturated carbocycles. The summed E-state index contributed by atoms with van der Waals surface area (Å²) in [5.41, 5.74) is 7.35. The van der Waals surface area contributed by atoms with Crippen molar-refractivity contribution in [2.45, 2.75) is 13.0 Å². The van der Waals surface area contributed by atoms with Crippen LogP contribution in [-0.4, -0.2) is 16.8 Å². The van der Waals surface area contributed by atoms with Crippen LogP contribution in [-0.2, 0) is 0 Å². The van der Waals surface area contributed by atoms with Crippen molar-refractivity contribution in [2.75, 3.05) is 6.61 Å². The second-order valence-corrected chi connectivity index (χ2v) is 3.80. The van der Waals surface area contributed by atoms with Crippen molar-refractivity contribution in [1.29, 1.82) is 0 Å². The van der Waals surface area contributed by atoms with E-state index in [9.17, 15) is 5.11 Å². The molecule has 1 aromatic rings. The van der Waals surface area contributed by atoms with E-state index in [1.807, 2.05) is 6.92 Å². The van der Waals surface area contributed by atoms with Gasteiger partial charge in [-0.05, 0) is 46.1 Å². The molecule has 4 heteroatoms. The number of rotatable bonds is 2. The van der Waals surface area contributed by atoms with Crippen LogP contribution in [0.4, 0.5) is 0 Å². The van der Waals surface area contributed by atoms with E-state index in [1.165, 1.54) is 0 Å². The van der Waals surface area contributed by atoms with Gasteiger partial charge in [0, 0.05) is 0 Å². The lowest BCUT2D eigenvalue weighted by Gasteiger charge is -2.12. The molecule has 0 amide bonds. The zero-order valence-corrected chi connectivity index (χ0v) is 8.87. The Hall–Kier alpha value is -0.580. The predicted molar refractivity (Wildman–Crippen MR) is 54.6 cm³/mol. The molecule has 0 radical (unpaired) electrons. The van der Waals surface area contributed by atoms with Crippen LogP contribution in [0.5, 0.6) is 5.75 Å². The van der Waals surface area contributed by atoms with E-state index in [4.69, 9.17) is 10.8 Å². The molecule has 1 rings (SSSR count). The summed E-state index contributed by atoms with van der Waals surface area (Å²) >= 11 is 3.20. The Bertz CT molecular complexity index is 315. The van der Waals surface area contributed by atoms with Gasteiger partial charge in [-0.2, -0.15) is 0 Å². The molecule has 72 valence electrons. The first-order valence-corrected chi connectivity index (χ1v) is 4.71. The van der Waals surface area contributed by atoms with Crippen LogP contribution >= 0.6 is 15.9 Å². The summed E-state index contributed by atoms with van der Waals surface area (Å²) < 4.78 is 0.638. The van der Waals surface area contributed by atoms with Crippen LogP contribution in [0.2, 0.25) is 0 Å². The van der Waals surface area contributed by atoms with E-state index < -0.39 is 6.04 Å². The number of nitrogens with two attached hydrogens (primary N) is 1. The lowest BCUT2D eigenvalue weighted by Crippen LogP contribution is -2.15. The largest absolute Gasteiger partial charge is 0.507 e. The molecule has 1 aromatic carbocycles. The molecule has 0 aliphatic rings. The van der Waals surface area contributed by atoms with Gasteiger partial charge in [-0.15, -0.1) is 0 Å². The maximum atomic E-state index is 9.38. The normalized spacial score (nSPS) is 12.9. The summed E-state index contributed by atoms with van der Waals surface area (Å²) in [7, 11) is 0. The highest BCUT2D eigenvalue weighted by Crippen LogP contribution is 2.29. The molecule has 0 saturated heterocycles. The van der Waals surface area contributed by atoms with Crippen molar-refractivity contribution in [1.82, 2.24) is 0 Å². The molecule has 0 aliphatic carbocycles. The van der Waals surface area contributed by atoms with E-state index in [1.54, 1.807) is 12.1 Å². The van der Waals surface area contributed by atoms with Crippen LogP contribution in [0.1, 0.15) is 17.2 Å². The molecular formula is C9H12BrNO2. The lowest BCUT2D eigenvalue weighted by atomic mass is 10.0. The van der Waals surface area contributed by atoms with Crippen LogP contribution in [0.25, 0.3) is 0 Å². The minimum absolute atomic E-state index is 0.123. The number of hydrogen-bond acceptors (Lipinski definition) is 3. The SMILES string of the molecule is Cc1cc(Br)c(O)cc1C(N)CO. The van der Waals surface area contributed by atoms with Gasteiger partial charge in [0.1, 0.15) is 5.75 Å². The average molecular weight is 246 g/mol. The number of aryl methyl sites for hydroxylation is 1. The van der Waals surface area contributed by atoms with Gasteiger partial charge in [-0.25, -0.2) is 0 Å². The lowest BCUT2D eigenvalue weighted by molar-refractivity contribution is 0.267. The summed E-state index contributed by atoms with van der Waals surface area (Å²) in [4.78, 5) is 0. The van der Waals surface area contributed by atoms with Crippen molar-refractivity contribution >= 4 is 15.9 Å². The van der Waals surface area contributed by atoms with E-state index in [2.05, 4.69) is 15.9 Å². The highest BCUT2D eigenvalue weighted by atomic mass is 79.9. The highest BCUT2D eigenvalue weighted by Gasteiger charge is 2.10. The first-order valence-electron chi connectivity index (χ1n) is 3.91. The van der Waals surface area contributed by atoms with Crippen LogP contribution in [0, 0.1) is 6.92 Å². The fourth-order valence-corrected chi connectivity index (χ4v) is 1.63. The molecule has 0 fully saturated rings. The zero-order valence-electron chi connectivity index (χ0n) is 7.29. The first-order chi connectivity index (χ1) is 6.06. The second-order valence-electron chi connectivity index (χ2n) is 2.95. The number of benzene rings is 1. The number of aliphatic hydroxyl groups excluding tert-OH is 1. The maximum Gasteiger partial charge on any atom is 0.130 e. The number of phenols is 1. The number of phenolic OH excluding ortho intramolecular Hbond substituents is 1. The average Bonchev–Trinajstić information content (AvgIpc) is 2.10. The van der Waals surface area contributed by atoms with Gasteiger partial charge in [0.2, 0.25) is 0 Å². The van der Waals surface area contributed by atoms with Crippen molar-refractivity contribution in [2.24, 2.45) is 5.73 Å². The van der Waals surface area contributed by atoms with Crippen molar-refractivity contribution in [3.63, 3.8) is 0 Å². The minimum Gasteiger partial charge on any atom is -0.507 e. The molecule has 0 spiro atoms. The van der Waals surface area contributed by atoms with Gasteiger partial charge in [0.25, 0.3) is 0 Å². The molecule has 1 unspecified atom stereocenters. The van der Waals surface area contributed by atoms with Gasteiger partial charge in [0.15, 0.2) is 0 Å². The van der Waals surface area contributed by atoms with Crippen molar-refractivity contribution in [3.8, 4) is 5.75 Å². The summed E-state index contributed by atoms with van der Waals surface area (Å²) in [6, 6.07) is 2.92. The monoisotopic (exact) mass is 245 g/mol. The minimum atomic E-state index is -0.431. The second kappa shape index (κ2) is 4.09. The maximum absolute atomic E-state index is 9.38. The third kappa shape index (κ3) is 2.21. The van der Waals surface area contributed by atoms with E-state index >= 15 is 0 Å². The van der Waals surface area contributed by atoms with Gasteiger partial charge in [0.05, 0.1) is 17.1 Å². The molecule has 3 nitrogen and oxygen atoms in total. The molecule has 0 aliphatic heterocycles. The van der Waals surface area contributed by atoms with Gasteiger partial charge >= 0.3 is 0 Å². The zero-order chi connectivity index (χ0) is 10.0. The molecule has 13 heavy (non-hydrogen) atoms. The Kier molecular flexibility index (Phi) is 3.30. The fourth-order valence-electron chi connectivity index (χ4n) is 1.18. The third-order valence-corrected chi connectivity index (χ3v) is 2.57. The van der Waals surface area contributed by atoms with Crippen LogP contribution in [0.3, 0.4) is 0 Å². The Morgan fingerprint density at radius 2 is 2.15 bits per heavy atom. The Morgan fingerprint density at radius 3 is 2.69 bits per heavy atom. The summed E-state index contributed by atoms with van der Waals surface area (Å²) in [5, 5.41) is 18.2. The van der Waals surface area contributed by atoms with Crippen LogP contribution < -0.4 is 5.73 Å². The number of aliphatic hydroxyl groups is 1. The smallest absolute Gasteiger partial charge is 0.130 e. The van der Waals surface area contributed by atoms with Gasteiger partial charge < -0.3 is 15.9 Å². The molecule has 0 bridgehead atoms. The topological polar surface area (TPSA) is 66.5 Å². The van der Waals surface area contributed by atoms with E-state index in [0.29, 0.717) is 4.47 Å². The fraction of sp³-hybridized carbons (Fsp3) is 0.333. The Balaban J connectivity index is 3.15. The molecule has 0 aromatic heterocycles. The van der Waals surface area contributed by atoms with E-state index in [-0.39, 0.29) is 12.4 Å². The standard InChI is InChI=1S/C9H12BrNO2/c1-5-2-7(10)9(13)3-6(5)8(11)4-12/h2-3,8,12-13H,4,11H2,1H3. The molecule has 1 atom stereocenters. The molecule has 4 N–H and O–H groups in total. The van der Waals surface area contributed by atoms with Crippen LogP contribution in [0.15, 0.2) is 16.6 Å². The Morgan fingerprint density at radius 1 is 1.54 bits per heavy atom. The van der Waals surface area contributed by atoms with Crippen molar-refractivity contribution in [3.05, 3.63) is 27.7 Å². The predicted octanol–water partition coefficient (Wildman–Crippen LogP) is 1.46. The number of hydrogen-bond donors (Lipinski definition) is 3. The van der Waals surface area contributed by atoms with Gasteiger partial charge in [-0.1, -0.05) is 0 Å². The Labute approximate surface area is 85.3 Å². The molecular weight excluding hydrogens is 234 g/mol.